The largest absolute Gasteiger partial charge is 0.326 e. The van der Waals surface area contributed by atoms with E-state index in [0.717, 1.165) is 33.2 Å². The summed E-state index contributed by atoms with van der Waals surface area (Å²) in [4.78, 5) is 13.3. The van der Waals surface area contributed by atoms with Crippen LogP contribution in [0.3, 0.4) is 0 Å². The second-order valence-electron chi connectivity index (χ2n) is 7.24. The number of hydrogen-bond acceptors (Lipinski definition) is 2. The highest BCUT2D eigenvalue weighted by Gasteiger charge is 2.19. The Morgan fingerprint density at radius 2 is 1.37 bits per heavy atom. The molecule has 1 N–H and O–H groups in total. The molecule has 5 rings (SSSR count). The van der Waals surface area contributed by atoms with Crippen LogP contribution in [0.5, 0.6) is 0 Å². The number of fused-ring (bicyclic) bond motifs is 3. The zero-order valence-electron chi connectivity index (χ0n) is 16.7. The molecule has 0 aliphatic heterocycles. The lowest BCUT2D eigenvalue weighted by atomic mass is 10.2. The molecule has 0 aliphatic carbocycles. The molecule has 5 aromatic rings. The second kappa shape index (κ2) is 7.00. The Hall–Kier alpha value is -3.64. The van der Waals surface area contributed by atoms with Crippen LogP contribution in [0, 0.1) is 6.92 Å². The van der Waals surface area contributed by atoms with Gasteiger partial charge in [0.05, 0.1) is 22.4 Å². The first-order valence-corrected chi connectivity index (χ1v) is 10.1. The number of hydrogen-bond donors (Lipinski definition) is 1. The third-order valence-corrected chi connectivity index (χ3v) is 5.85. The average Bonchev–Trinajstić information content (AvgIpc) is 3.22. The maximum absolute atomic E-state index is 13.3. The Labute approximate surface area is 178 Å². The Kier molecular flexibility index (Phi) is 4.29. The molecule has 0 spiro atoms. The average molecular weight is 413 g/mol. The quantitative estimate of drug-likeness (QED) is 0.422. The molecule has 0 amide bonds. The predicted molar refractivity (Wildman–Crippen MR) is 127 cm³/mol. The standard InChI is InChI=1S/C24H20N4OS/c1-16-22(23(29)28(26(16)2)17-10-4-3-5-11-17)25-24(30)27-20-14-8-6-12-18(20)19-13-7-9-15-21(19)27/h3-15H,1-2H3,(H,25,30). The summed E-state index contributed by atoms with van der Waals surface area (Å²) in [5, 5.41) is 5.96. The molecule has 0 saturated carbocycles. The van der Waals surface area contributed by atoms with Crippen LogP contribution in [0.1, 0.15) is 5.69 Å². The van der Waals surface area contributed by atoms with Crippen molar-refractivity contribution in [3.8, 4) is 5.69 Å². The summed E-state index contributed by atoms with van der Waals surface area (Å²) >= 11 is 5.79. The van der Waals surface area contributed by atoms with Crippen LogP contribution in [-0.4, -0.2) is 19.0 Å². The summed E-state index contributed by atoms with van der Waals surface area (Å²) in [5.41, 5.74) is 3.98. The van der Waals surface area contributed by atoms with Crippen molar-refractivity contribution in [2.24, 2.45) is 7.05 Å². The molecular formula is C24H20N4OS. The lowest BCUT2D eigenvalue weighted by Gasteiger charge is -2.11. The zero-order chi connectivity index (χ0) is 20.8. The summed E-state index contributed by atoms with van der Waals surface area (Å²) in [6.07, 6.45) is 0. The number of thiocarbonyl (C=S) groups is 1. The molecule has 2 heterocycles. The SMILES string of the molecule is Cc1c(NC(=S)n2c3ccccc3c3ccccc32)c(=O)n(-c2ccccc2)n1C. The van der Waals surface area contributed by atoms with Gasteiger partial charge in [0.2, 0.25) is 0 Å². The van der Waals surface area contributed by atoms with Gasteiger partial charge in [-0.1, -0.05) is 54.6 Å². The van der Waals surface area contributed by atoms with Gasteiger partial charge in [0.25, 0.3) is 5.56 Å². The Bertz CT molecular complexity index is 1420. The number of benzene rings is 3. The first-order chi connectivity index (χ1) is 14.6. The molecular weight excluding hydrogens is 392 g/mol. The van der Waals surface area contributed by atoms with Crippen molar-refractivity contribution in [3.05, 3.63) is 94.9 Å². The van der Waals surface area contributed by atoms with E-state index >= 15 is 0 Å². The van der Waals surface area contributed by atoms with Crippen LogP contribution >= 0.6 is 12.2 Å². The van der Waals surface area contributed by atoms with Gasteiger partial charge in [0.15, 0.2) is 5.11 Å². The minimum Gasteiger partial charge on any atom is -0.326 e. The number of nitrogens with zero attached hydrogens (tertiary/aromatic N) is 3. The van der Waals surface area contributed by atoms with Crippen LogP contribution in [0.15, 0.2) is 83.7 Å². The molecule has 0 saturated heterocycles. The van der Waals surface area contributed by atoms with Crippen molar-refractivity contribution in [1.29, 1.82) is 0 Å². The fourth-order valence-corrected chi connectivity index (χ4v) is 4.32. The van der Waals surface area contributed by atoms with Crippen molar-refractivity contribution in [2.45, 2.75) is 6.92 Å². The van der Waals surface area contributed by atoms with Gasteiger partial charge in [0.1, 0.15) is 5.69 Å². The predicted octanol–water partition coefficient (Wildman–Crippen LogP) is 4.84. The van der Waals surface area contributed by atoms with Crippen LogP contribution in [0.2, 0.25) is 0 Å². The van der Waals surface area contributed by atoms with Gasteiger partial charge < -0.3 is 5.32 Å². The number of para-hydroxylation sites is 3. The molecule has 0 unspecified atom stereocenters. The van der Waals surface area contributed by atoms with Crippen molar-refractivity contribution < 1.29 is 0 Å². The topological polar surface area (TPSA) is 43.9 Å². The number of rotatable bonds is 2. The summed E-state index contributed by atoms with van der Waals surface area (Å²) in [7, 11) is 1.87. The minimum absolute atomic E-state index is 0.135. The second-order valence-corrected chi connectivity index (χ2v) is 7.62. The highest BCUT2D eigenvalue weighted by atomic mass is 32.1. The van der Waals surface area contributed by atoms with E-state index < -0.39 is 0 Å². The third kappa shape index (κ3) is 2.69. The van der Waals surface area contributed by atoms with Crippen molar-refractivity contribution >= 4 is 44.8 Å². The van der Waals surface area contributed by atoms with Gasteiger partial charge in [0, 0.05) is 17.8 Å². The zero-order valence-corrected chi connectivity index (χ0v) is 17.5. The minimum atomic E-state index is -0.135. The lowest BCUT2D eigenvalue weighted by Crippen LogP contribution is -2.25. The third-order valence-electron chi connectivity index (χ3n) is 5.57. The smallest absolute Gasteiger partial charge is 0.295 e. The molecule has 0 fully saturated rings. The highest BCUT2D eigenvalue weighted by Crippen LogP contribution is 2.29. The van der Waals surface area contributed by atoms with Gasteiger partial charge in [-0.05, 0) is 43.4 Å². The van der Waals surface area contributed by atoms with Crippen molar-refractivity contribution in [3.63, 3.8) is 0 Å². The van der Waals surface area contributed by atoms with E-state index in [1.54, 1.807) is 4.68 Å². The van der Waals surface area contributed by atoms with Crippen LogP contribution in [0.4, 0.5) is 5.69 Å². The fraction of sp³-hybridized carbons (Fsp3) is 0.0833. The molecule has 2 aromatic heterocycles. The van der Waals surface area contributed by atoms with E-state index in [9.17, 15) is 4.79 Å². The molecule has 6 heteroatoms. The fourth-order valence-electron chi connectivity index (χ4n) is 4.02. The van der Waals surface area contributed by atoms with E-state index in [0.29, 0.717) is 10.8 Å². The van der Waals surface area contributed by atoms with Crippen LogP contribution in [-0.2, 0) is 7.05 Å². The Morgan fingerprint density at radius 3 is 1.97 bits per heavy atom. The summed E-state index contributed by atoms with van der Waals surface area (Å²) in [5.74, 6) is 0. The van der Waals surface area contributed by atoms with Crippen molar-refractivity contribution in [1.82, 2.24) is 13.9 Å². The Balaban J connectivity index is 1.65. The lowest BCUT2D eigenvalue weighted by molar-refractivity contribution is 0.630. The summed E-state index contributed by atoms with van der Waals surface area (Å²) in [6, 6.07) is 25.9. The number of anilines is 1. The van der Waals surface area contributed by atoms with Crippen LogP contribution < -0.4 is 10.9 Å². The van der Waals surface area contributed by atoms with Gasteiger partial charge >= 0.3 is 0 Å². The van der Waals surface area contributed by atoms with E-state index in [4.69, 9.17) is 12.2 Å². The molecule has 0 bridgehead atoms. The first-order valence-electron chi connectivity index (χ1n) is 9.71. The number of nitrogens with one attached hydrogen (secondary N) is 1. The molecule has 30 heavy (non-hydrogen) atoms. The molecule has 5 nitrogen and oxygen atoms in total. The highest BCUT2D eigenvalue weighted by molar-refractivity contribution is 7.80. The molecule has 0 atom stereocenters. The van der Waals surface area contributed by atoms with Crippen molar-refractivity contribution in [2.75, 3.05) is 5.32 Å². The normalized spacial score (nSPS) is 11.3. The van der Waals surface area contributed by atoms with E-state index in [1.165, 1.54) is 0 Å². The molecule has 148 valence electrons. The molecule has 0 radical (unpaired) electrons. The molecule has 3 aromatic carbocycles. The van der Waals surface area contributed by atoms with E-state index in [-0.39, 0.29) is 5.56 Å². The first kappa shape index (κ1) is 18.4. The van der Waals surface area contributed by atoms with E-state index in [1.807, 2.05) is 90.0 Å². The summed E-state index contributed by atoms with van der Waals surface area (Å²) < 4.78 is 5.49. The van der Waals surface area contributed by atoms with E-state index in [2.05, 4.69) is 17.4 Å². The van der Waals surface area contributed by atoms with Crippen LogP contribution in [0.25, 0.3) is 27.5 Å². The maximum Gasteiger partial charge on any atom is 0.295 e. The summed E-state index contributed by atoms with van der Waals surface area (Å²) in [6.45, 7) is 1.91. The van der Waals surface area contributed by atoms with Gasteiger partial charge in [-0.2, -0.15) is 0 Å². The van der Waals surface area contributed by atoms with Gasteiger partial charge in [-0.25, -0.2) is 4.68 Å². The van der Waals surface area contributed by atoms with Gasteiger partial charge in [-0.15, -0.1) is 0 Å². The maximum atomic E-state index is 13.3. The molecule has 0 aliphatic rings. The monoisotopic (exact) mass is 412 g/mol. The number of aromatic nitrogens is 3. The van der Waals surface area contributed by atoms with Gasteiger partial charge in [-0.3, -0.25) is 14.0 Å². The Morgan fingerprint density at radius 1 is 0.833 bits per heavy atom.